The number of phenols is 2. The normalized spacial score (nSPS) is 19.4. The molecular weight excluding hydrogens is 468 g/mol. The first-order valence-corrected chi connectivity index (χ1v) is 14.4. The van der Waals surface area contributed by atoms with Crippen LogP contribution in [-0.2, 0) is 10.8 Å². The van der Waals surface area contributed by atoms with Crippen molar-refractivity contribution in [1.82, 2.24) is 0 Å². The van der Waals surface area contributed by atoms with Gasteiger partial charge in [-0.05, 0) is 82.7 Å². The summed E-state index contributed by atoms with van der Waals surface area (Å²) in [6.07, 6.45) is 7.66. The van der Waals surface area contributed by atoms with Crippen LogP contribution in [0.3, 0.4) is 0 Å². The van der Waals surface area contributed by atoms with Gasteiger partial charge in [0.1, 0.15) is 11.5 Å². The van der Waals surface area contributed by atoms with Gasteiger partial charge in [-0.1, -0.05) is 81.4 Å². The quantitative estimate of drug-likeness (QED) is 0.375. The summed E-state index contributed by atoms with van der Waals surface area (Å²) in [5, 5.41) is 21.8. The summed E-state index contributed by atoms with van der Waals surface area (Å²) in [6, 6.07) is 8.94. The SMILES string of the molecule is CC(C)c1cc(C(C)(C)C)cc(C=NC2CCC(N=Cc3cc(C(C)(C)C)cc(C(C)C)c3O)CC2)c1O. The van der Waals surface area contributed by atoms with Gasteiger partial charge < -0.3 is 10.2 Å². The maximum Gasteiger partial charge on any atom is 0.127 e. The molecule has 4 heteroatoms. The number of benzene rings is 2. The van der Waals surface area contributed by atoms with Gasteiger partial charge in [0.2, 0.25) is 0 Å². The fraction of sp³-hybridized carbons (Fsp3) is 0.588. The van der Waals surface area contributed by atoms with Crippen LogP contribution in [0.5, 0.6) is 11.5 Å². The molecule has 2 aromatic carbocycles. The van der Waals surface area contributed by atoms with Crippen LogP contribution < -0.4 is 0 Å². The van der Waals surface area contributed by atoms with Gasteiger partial charge >= 0.3 is 0 Å². The second-order valence-electron chi connectivity index (χ2n) is 13.8. The summed E-state index contributed by atoms with van der Waals surface area (Å²) in [4.78, 5) is 9.79. The third-order valence-electron chi connectivity index (χ3n) is 7.83. The van der Waals surface area contributed by atoms with Crippen LogP contribution >= 0.6 is 0 Å². The minimum atomic E-state index is 0.00671. The van der Waals surface area contributed by atoms with E-state index in [2.05, 4.69) is 93.5 Å². The van der Waals surface area contributed by atoms with E-state index in [0.717, 1.165) is 47.9 Å². The zero-order chi connectivity index (χ0) is 28.4. The van der Waals surface area contributed by atoms with Crippen LogP contribution in [0.2, 0.25) is 0 Å². The molecule has 3 rings (SSSR count). The molecule has 4 nitrogen and oxygen atoms in total. The molecule has 0 aromatic heterocycles. The highest BCUT2D eigenvalue weighted by Crippen LogP contribution is 2.36. The van der Waals surface area contributed by atoms with Gasteiger partial charge in [-0.3, -0.25) is 9.98 Å². The predicted octanol–water partition coefficient (Wildman–Crippen LogP) is 8.79. The molecule has 1 aliphatic rings. The number of hydrogen-bond acceptors (Lipinski definition) is 4. The largest absolute Gasteiger partial charge is 0.507 e. The molecule has 2 aromatic rings. The minimum Gasteiger partial charge on any atom is -0.507 e. The Balaban J connectivity index is 1.73. The first-order chi connectivity index (χ1) is 17.6. The summed E-state index contributed by atoms with van der Waals surface area (Å²) >= 11 is 0. The van der Waals surface area contributed by atoms with E-state index < -0.39 is 0 Å². The Labute approximate surface area is 231 Å². The lowest BCUT2D eigenvalue weighted by Crippen LogP contribution is -2.20. The Hall–Kier alpha value is -2.62. The Morgan fingerprint density at radius 3 is 1.21 bits per heavy atom. The van der Waals surface area contributed by atoms with Crippen molar-refractivity contribution in [2.75, 3.05) is 0 Å². The maximum absolute atomic E-state index is 10.9. The molecular formula is C34H50N2O2. The van der Waals surface area contributed by atoms with Gasteiger partial charge in [0.25, 0.3) is 0 Å². The molecule has 0 unspecified atom stereocenters. The van der Waals surface area contributed by atoms with Crippen LogP contribution in [0.4, 0.5) is 0 Å². The maximum atomic E-state index is 10.9. The number of phenolic OH excluding ortho intramolecular Hbond substituents is 2. The lowest BCUT2D eigenvalue weighted by Gasteiger charge is -2.25. The van der Waals surface area contributed by atoms with E-state index >= 15 is 0 Å². The van der Waals surface area contributed by atoms with Crippen molar-refractivity contribution >= 4 is 12.4 Å². The summed E-state index contributed by atoms with van der Waals surface area (Å²) < 4.78 is 0. The molecule has 1 fully saturated rings. The first kappa shape index (κ1) is 29.9. The topological polar surface area (TPSA) is 65.2 Å². The number of rotatable bonds is 6. The number of hydrogen-bond donors (Lipinski definition) is 2. The molecule has 2 N–H and O–H groups in total. The van der Waals surface area contributed by atoms with Crippen LogP contribution in [0.25, 0.3) is 0 Å². The van der Waals surface area contributed by atoms with E-state index in [1.54, 1.807) is 0 Å². The van der Waals surface area contributed by atoms with Crippen molar-refractivity contribution in [1.29, 1.82) is 0 Å². The fourth-order valence-electron chi connectivity index (χ4n) is 5.03. The van der Waals surface area contributed by atoms with Gasteiger partial charge in [0.05, 0.1) is 12.1 Å². The fourth-order valence-corrected chi connectivity index (χ4v) is 5.03. The van der Waals surface area contributed by atoms with Crippen molar-refractivity contribution in [3.05, 3.63) is 57.6 Å². The molecule has 1 saturated carbocycles. The molecule has 1 aliphatic carbocycles. The van der Waals surface area contributed by atoms with Crippen LogP contribution in [0.1, 0.15) is 140 Å². The molecule has 0 spiro atoms. The lowest BCUT2D eigenvalue weighted by atomic mass is 9.83. The second kappa shape index (κ2) is 11.6. The summed E-state index contributed by atoms with van der Waals surface area (Å²) in [5.41, 5.74) is 6.05. The van der Waals surface area contributed by atoms with Crippen LogP contribution in [0, 0.1) is 0 Å². The third-order valence-corrected chi connectivity index (χ3v) is 7.83. The van der Waals surface area contributed by atoms with E-state index in [-0.39, 0.29) is 34.7 Å². The van der Waals surface area contributed by atoms with Crippen LogP contribution in [-0.4, -0.2) is 34.7 Å². The monoisotopic (exact) mass is 518 g/mol. The summed E-state index contributed by atoms with van der Waals surface area (Å²) in [7, 11) is 0. The van der Waals surface area contributed by atoms with Crippen molar-refractivity contribution in [2.24, 2.45) is 9.98 Å². The van der Waals surface area contributed by atoms with Crippen molar-refractivity contribution in [3.63, 3.8) is 0 Å². The Bertz CT molecular complexity index is 1070. The summed E-state index contributed by atoms with van der Waals surface area (Å²) in [6.45, 7) is 21.7. The number of aliphatic imine (C=N–C) groups is 2. The Morgan fingerprint density at radius 1 is 0.632 bits per heavy atom. The standard InChI is InChI=1S/C34H50N2O2/c1-21(2)29-17-25(33(5,6)7)15-23(31(29)37)19-35-27-11-13-28(14-12-27)36-20-24-16-26(34(8,9)10)18-30(22(3)4)32(24)38/h15-22,27-28,37-38H,11-14H2,1-10H3. The molecule has 0 aliphatic heterocycles. The predicted molar refractivity (Wildman–Crippen MR) is 163 cm³/mol. The molecule has 0 amide bonds. The Kier molecular flexibility index (Phi) is 9.16. The average Bonchev–Trinajstić information content (AvgIpc) is 2.81. The van der Waals surface area contributed by atoms with E-state index in [0.29, 0.717) is 11.5 Å². The summed E-state index contributed by atoms with van der Waals surface area (Å²) in [5.74, 6) is 1.21. The highest BCUT2D eigenvalue weighted by molar-refractivity contribution is 5.85. The van der Waals surface area contributed by atoms with Crippen LogP contribution in [0.15, 0.2) is 34.3 Å². The van der Waals surface area contributed by atoms with Gasteiger partial charge in [0.15, 0.2) is 0 Å². The van der Waals surface area contributed by atoms with Crippen molar-refractivity contribution < 1.29 is 10.2 Å². The van der Waals surface area contributed by atoms with Gasteiger partial charge in [-0.2, -0.15) is 0 Å². The molecule has 0 radical (unpaired) electrons. The van der Waals surface area contributed by atoms with E-state index in [9.17, 15) is 10.2 Å². The molecule has 38 heavy (non-hydrogen) atoms. The smallest absolute Gasteiger partial charge is 0.127 e. The van der Waals surface area contributed by atoms with Gasteiger partial charge in [-0.15, -0.1) is 0 Å². The molecule has 208 valence electrons. The van der Waals surface area contributed by atoms with E-state index in [4.69, 9.17) is 9.98 Å². The zero-order valence-corrected chi connectivity index (χ0v) is 25.4. The van der Waals surface area contributed by atoms with E-state index in [1.165, 1.54) is 11.1 Å². The van der Waals surface area contributed by atoms with Gasteiger partial charge in [-0.25, -0.2) is 0 Å². The van der Waals surface area contributed by atoms with E-state index in [1.807, 2.05) is 12.4 Å². The molecule has 0 heterocycles. The van der Waals surface area contributed by atoms with Crippen molar-refractivity contribution in [3.8, 4) is 11.5 Å². The zero-order valence-electron chi connectivity index (χ0n) is 25.4. The molecule has 0 bridgehead atoms. The number of nitrogens with zero attached hydrogens (tertiary/aromatic N) is 2. The minimum absolute atomic E-state index is 0.00671. The highest BCUT2D eigenvalue weighted by atomic mass is 16.3. The third kappa shape index (κ3) is 7.27. The van der Waals surface area contributed by atoms with Gasteiger partial charge in [0, 0.05) is 23.6 Å². The van der Waals surface area contributed by atoms with Crippen molar-refractivity contribution in [2.45, 2.75) is 130 Å². The number of aromatic hydroxyl groups is 2. The lowest BCUT2D eigenvalue weighted by molar-refractivity contribution is 0.399. The average molecular weight is 519 g/mol. The first-order valence-electron chi connectivity index (χ1n) is 14.4. The Morgan fingerprint density at radius 2 is 0.947 bits per heavy atom. The molecule has 0 saturated heterocycles. The molecule has 0 atom stereocenters. The highest BCUT2D eigenvalue weighted by Gasteiger charge is 2.23. The second-order valence-corrected chi connectivity index (χ2v) is 13.8.